The zero-order chi connectivity index (χ0) is 18.8. The van der Waals surface area contributed by atoms with Crippen LogP contribution in [-0.4, -0.2) is 16.7 Å². The van der Waals surface area contributed by atoms with Crippen LogP contribution in [0, 0.1) is 0 Å². The van der Waals surface area contributed by atoms with E-state index in [2.05, 4.69) is 43.3 Å². The highest BCUT2D eigenvalue weighted by molar-refractivity contribution is 6.06. The fourth-order valence-electron chi connectivity index (χ4n) is 3.42. The Hall–Kier alpha value is -2.81. The summed E-state index contributed by atoms with van der Waals surface area (Å²) in [6.45, 7) is 1.97. The molecule has 3 heteroatoms. The van der Waals surface area contributed by atoms with Crippen molar-refractivity contribution in [2.45, 2.75) is 39.0 Å². The number of rotatable bonds is 3. The van der Waals surface area contributed by atoms with Gasteiger partial charge in [-0.1, -0.05) is 73.2 Å². The molecule has 0 aliphatic heterocycles. The summed E-state index contributed by atoms with van der Waals surface area (Å²) >= 11 is 0. The average molecular weight is 350 g/mol. The van der Waals surface area contributed by atoms with Gasteiger partial charge in [0, 0.05) is 12.0 Å². The van der Waals surface area contributed by atoms with E-state index in [0.29, 0.717) is 5.76 Å². The Bertz CT molecular complexity index is 759. The van der Waals surface area contributed by atoms with E-state index in [0.717, 1.165) is 43.2 Å². The van der Waals surface area contributed by atoms with Gasteiger partial charge in [0.05, 0.1) is 0 Å². The summed E-state index contributed by atoms with van der Waals surface area (Å²) in [5.74, 6) is 0.528. The van der Waals surface area contributed by atoms with Crippen LogP contribution in [0.3, 0.4) is 0 Å². The lowest BCUT2D eigenvalue weighted by Gasteiger charge is -2.22. The molecule has 26 heavy (non-hydrogen) atoms. The molecule has 2 N–H and O–H groups in total. The number of hydrogen-bond acceptors (Lipinski definition) is 2. The molecule has 3 rings (SSSR count). The molecule has 1 aliphatic rings. The van der Waals surface area contributed by atoms with E-state index in [4.69, 9.17) is 9.90 Å². The van der Waals surface area contributed by atoms with Crippen molar-refractivity contribution in [1.82, 2.24) is 0 Å². The highest BCUT2D eigenvalue weighted by Gasteiger charge is 2.20. The minimum absolute atomic E-state index is 0.250. The lowest BCUT2D eigenvalue weighted by atomic mass is 9.83. The van der Waals surface area contributed by atoms with Gasteiger partial charge in [-0.3, -0.25) is 4.79 Å². The number of carboxylic acid groups (broad SMARTS) is 1. The Labute approximate surface area is 155 Å². The molecule has 0 radical (unpaired) electrons. The third kappa shape index (κ3) is 4.85. The Balaban J connectivity index is 0.000000758. The van der Waals surface area contributed by atoms with Gasteiger partial charge in [0.25, 0.3) is 6.47 Å². The molecule has 1 aliphatic carbocycles. The maximum absolute atomic E-state index is 10.8. The molecule has 0 heterocycles. The molecule has 3 nitrogen and oxygen atoms in total. The second-order valence-electron chi connectivity index (χ2n) is 6.20. The highest BCUT2D eigenvalue weighted by Crippen LogP contribution is 2.40. The van der Waals surface area contributed by atoms with Crippen LogP contribution < -0.4 is 0 Å². The van der Waals surface area contributed by atoms with Gasteiger partial charge < -0.3 is 10.2 Å². The smallest absolute Gasteiger partial charge is 0.290 e. The fourth-order valence-corrected chi connectivity index (χ4v) is 3.42. The topological polar surface area (TPSA) is 57.5 Å². The van der Waals surface area contributed by atoms with Crippen LogP contribution in [0.4, 0.5) is 0 Å². The summed E-state index contributed by atoms with van der Waals surface area (Å²) < 4.78 is 0. The van der Waals surface area contributed by atoms with Crippen molar-refractivity contribution in [3.63, 3.8) is 0 Å². The molecule has 0 amide bonds. The number of allylic oxidation sites excluding steroid dienone is 4. The van der Waals surface area contributed by atoms with E-state index >= 15 is 0 Å². The minimum atomic E-state index is -0.250. The normalized spacial score (nSPS) is 14.8. The van der Waals surface area contributed by atoms with Gasteiger partial charge in [-0.2, -0.15) is 0 Å². The number of hydrogen-bond donors (Lipinski definition) is 2. The van der Waals surface area contributed by atoms with E-state index in [1.54, 1.807) is 0 Å². The van der Waals surface area contributed by atoms with Gasteiger partial charge in [-0.05, 0) is 42.4 Å². The first kappa shape index (κ1) is 19.5. The van der Waals surface area contributed by atoms with E-state index in [1.165, 1.54) is 16.7 Å². The van der Waals surface area contributed by atoms with Crippen LogP contribution in [0.15, 0.2) is 72.0 Å². The third-order valence-corrected chi connectivity index (χ3v) is 4.59. The van der Waals surface area contributed by atoms with Crippen molar-refractivity contribution in [2.75, 3.05) is 0 Å². The molecule has 0 fully saturated rings. The van der Waals surface area contributed by atoms with E-state index in [1.807, 2.05) is 24.3 Å². The molecule has 2 aromatic carbocycles. The molecule has 0 atom stereocenters. The summed E-state index contributed by atoms with van der Waals surface area (Å²) in [5.41, 5.74) is 6.01. The van der Waals surface area contributed by atoms with Crippen LogP contribution in [0.25, 0.3) is 11.1 Å². The molecule has 136 valence electrons. The van der Waals surface area contributed by atoms with Crippen LogP contribution in [0.1, 0.15) is 50.2 Å². The number of benzene rings is 2. The quantitative estimate of drug-likeness (QED) is 0.658. The van der Waals surface area contributed by atoms with E-state index in [-0.39, 0.29) is 6.47 Å². The minimum Gasteiger partial charge on any atom is -0.512 e. The average Bonchev–Trinajstić information content (AvgIpc) is 2.67. The fraction of sp³-hybridized carbons (Fsp3) is 0.261. The lowest BCUT2D eigenvalue weighted by molar-refractivity contribution is -0.122. The summed E-state index contributed by atoms with van der Waals surface area (Å²) in [6.07, 6.45) is 5.09. The van der Waals surface area contributed by atoms with Crippen molar-refractivity contribution in [2.24, 2.45) is 0 Å². The van der Waals surface area contributed by atoms with Gasteiger partial charge in [0.15, 0.2) is 0 Å². The molecule has 0 spiro atoms. The van der Waals surface area contributed by atoms with Crippen LogP contribution >= 0.6 is 0 Å². The monoisotopic (exact) mass is 350 g/mol. The van der Waals surface area contributed by atoms with Crippen LogP contribution in [-0.2, 0) is 4.79 Å². The van der Waals surface area contributed by atoms with Crippen molar-refractivity contribution in [3.8, 4) is 0 Å². The van der Waals surface area contributed by atoms with Gasteiger partial charge in [0.1, 0.15) is 5.76 Å². The lowest BCUT2D eigenvalue weighted by Crippen LogP contribution is -2.03. The Kier molecular flexibility index (Phi) is 7.69. The number of aliphatic hydroxyl groups excluding tert-OH is 1. The van der Waals surface area contributed by atoms with Gasteiger partial charge in [-0.15, -0.1) is 0 Å². The first-order chi connectivity index (χ1) is 12.7. The third-order valence-electron chi connectivity index (χ3n) is 4.59. The number of aliphatic hydroxyl groups is 1. The SMILES string of the molecule is CCC1=C(c2ccccc2)C(c2ccccc2)=C(O)CCCC1.O=CO. The summed E-state index contributed by atoms with van der Waals surface area (Å²) in [6, 6.07) is 20.8. The van der Waals surface area contributed by atoms with Crippen molar-refractivity contribution >= 4 is 17.6 Å². The van der Waals surface area contributed by atoms with Crippen molar-refractivity contribution in [1.29, 1.82) is 0 Å². The predicted octanol–water partition coefficient (Wildman–Crippen LogP) is 6.09. The molecule has 0 bridgehead atoms. The maximum atomic E-state index is 10.8. The Morgan fingerprint density at radius 3 is 1.81 bits per heavy atom. The maximum Gasteiger partial charge on any atom is 0.290 e. The van der Waals surface area contributed by atoms with Crippen LogP contribution in [0.5, 0.6) is 0 Å². The molecule has 2 aromatic rings. The first-order valence-electron chi connectivity index (χ1n) is 9.06. The largest absolute Gasteiger partial charge is 0.512 e. The zero-order valence-corrected chi connectivity index (χ0v) is 15.2. The first-order valence-corrected chi connectivity index (χ1v) is 9.06. The summed E-state index contributed by atoms with van der Waals surface area (Å²) in [5, 5.41) is 17.7. The molecule has 0 aromatic heterocycles. The Morgan fingerprint density at radius 1 is 0.846 bits per heavy atom. The van der Waals surface area contributed by atoms with Crippen LogP contribution in [0.2, 0.25) is 0 Å². The zero-order valence-electron chi connectivity index (χ0n) is 15.2. The van der Waals surface area contributed by atoms with Gasteiger partial charge >= 0.3 is 0 Å². The second kappa shape index (κ2) is 10.2. The molecule has 0 saturated carbocycles. The molecular weight excluding hydrogens is 324 g/mol. The molecule has 0 saturated heterocycles. The Morgan fingerprint density at radius 2 is 1.31 bits per heavy atom. The predicted molar refractivity (Wildman–Crippen MR) is 107 cm³/mol. The van der Waals surface area contributed by atoms with E-state index in [9.17, 15) is 5.11 Å². The van der Waals surface area contributed by atoms with Crippen molar-refractivity contribution < 1.29 is 15.0 Å². The molecule has 0 unspecified atom stereocenters. The van der Waals surface area contributed by atoms with Gasteiger partial charge in [0.2, 0.25) is 0 Å². The summed E-state index contributed by atoms with van der Waals surface area (Å²) in [4.78, 5) is 8.36. The standard InChI is InChI=1S/C22H24O.CH2O2/c1-2-17-11-9-10-16-20(23)22(19-14-7-4-8-15-19)21(17)18-12-5-3-6-13-18;2-1-3/h3-8,12-15,23H,2,9-11,16H2,1H3;1H,(H,2,3). The van der Waals surface area contributed by atoms with Gasteiger partial charge in [-0.25, -0.2) is 0 Å². The highest BCUT2D eigenvalue weighted by atomic mass is 16.3. The van der Waals surface area contributed by atoms with E-state index < -0.39 is 0 Å². The number of carbonyl (C=O) groups is 1. The van der Waals surface area contributed by atoms with Crippen molar-refractivity contribution in [3.05, 3.63) is 83.1 Å². The molecular formula is C23H26O3. The second-order valence-corrected chi connectivity index (χ2v) is 6.20. The summed E-state index contributed by atoms with van der Waals surface area (Å²) in [7, 11) is 0.